The van der Waals surface area contributed by atoms with Gasteiger partial charge in [-0.15, -0.1) is 0 Å². The van der Waals surface area contributed by atoms with E-state index >= 15 is 0 Å². The number of aromatic nitrogens is 3. The average molecular weight is 265 g/mol. The van der Waals surface area contributed by atoms with Gasteiger partial charge in [-0.1, -0.05) is 6.07 Å². The molecule has 15 heavy (non-hydrogen) atoms. The molecule has 0 aliphatic carbocycles. The Hall–Kier alpha value is -1.49. The van der Waals surface area contributed by atoms with Crippen LogP contribution in [-0.2, 0) is 0 Å². The molecule has 76 valence electrons. The van der Waals surface area contributed by atoms with E-state index in [1.807, 2.05) is 31.2 Å². The summed E-state index contributed by atoms with van der Waals surface area (Å²) in [5.41, 5.74) is 7.92. The highest BCUT2D eigenvalue weighted by Crippen LogP contribution is 2.18. The van der Waals surface area contributed by atoms with Crippen molar-refractivity contribution in [3.8, 4) is 11.4 Å². The Labute approximate surface area is 95.7 Å². The molecule has 0 aliphatic rings. The minimum atomic E-state index is 0.270. The predicted octanol–water partition coefficient (Wildman–Crippen LogP) is 2.19. The highest BCUT2D eigenvalue weighted by molar-refractivity contribution is 9.10. The molecule has 4 nitrogen and oxygen atoms in total. The van der Waals surface area contributed by atoms with E-state index in [1.54, 1.807) is 0 Å². The Balaban J connectivity index is 2.54. The molecule has 0 bridgehead atoms. The van der Waals surface area contributed by atoms with Crippen LogP contribution >= 0.6 is 15.9 Å². The number of nitrogens with zero attached hydrogens (tertiary/aromatic N) is 3. The number of rotatable bonds is 1. The number of nitrogens with two attached hydrogens (primary N) is 1. The van der Waals surface area contributed by atoms with E-state index in [1.165, 1.54) is 0 Å². The summed E-state index contributed by atoms with van der Waals surface area (Å²) in [7, 11) is 0. The maximum Gasteiger partial charge on any atom is 0.220 e. The van der Waals surface area contributed by atoms with Gasteiger partial charge in [0.25, 0.3) is 0 Å². The molecule has 0 aliphatic heterocycles. The fourth-order valence-electron chi connectivity index (χ4n) is 1.27. The van der Waals surface area contributed by atoms with Gasteiger partial charge in [-0.2, -0.15) is 0 Å². The molecule has 2 aromatic rings. The van der Waals surface area contributed by atoms with Gasteiger partial charge in [0.2, 0.25) is 5.95 Å². The molecular formula is C10H9BrN4. The lowest BCUT2D eigenvalue weighted by Gasteiger charge is -2.02. The molecule has 0 saturated carbocycles. The number of aryl methyl sites for hydroxylation is 1. The zero-order valence-electron chi connectivity index (χ0n) is 8.11. The molecule has 0 amide bonds. The number of hydrogen-bond acceptors (Lipinski definition) is 4. The van der Waals surface area contributed by atoms with Crippen molar-refractivity contribution in [2.75, 3.05) is 5.73 Å². The predicted molar refractivity (Wildman–Crippen MR) is 62.1 cm³/mol. The van der Waals surface area contributed by atoms with Gasteiger partial charge >= 0.3 is 0 Å². The highest BCUT2D eigenvalue weighted by atomic mass is 79.9. The summed E-state index contributed by atoms with van der Waals surface area (Å²) < 4.78 is 0.773. The Morgan fingerprint density at radius 1 is 1.13 bits per heavy atom. The molecule has 2 heterocycles. The van der Waals surface area contributed by atoms with E-state index in [2.05, 4.69) is 30.9 Å². The van der Waals surface area contributed by atoms with Crippen LogP contribution in [0, 0.1) is 6.92 Å². The number of anilines is 1. The molecule has 0 radical (unpaired) electrons. The van der Waals surface area contributed by atoms with Gasteiger partial charge in [0.15, 0.2) is 0 Å². The zero-order chi connectivity index (χ0) is 10.8. The van der Waals surface area contributed by atoms with Gasteiger partial charge in [0, 0.05) is 5.69 Å². The van der Waals surface area contributed by atoms with Crippen molar-refractivity contribution >= 4 is 21.9 Å². The van der Waals surface area contributed by atoms with Crippen molar-refractivity contribution in [2.45, 2.75) is 6.92 Å². The second-order valence-corrected chi connectivity index (χ2v) is 3.91. The molecule has 2 N–H and O–H groups in total. The Morgan fingerprint density at radius 3 is 2.60 bits per heavy atom. The van der Waals surface area contributed by atoms with Crippen molar-refractivity contribution in [1.82, 2.24) is 15.0 Å². The van der Waals surface area contributed by atoms with E-state index < -0.39 is 0 Å². The minimum Gasteiger partial charge on any atom is -0.368 e. The summed E-state index contributed by atoms with van der Waals surface area (Å²) in [5.74, 6) is 0.270. The molecule has 0 saturated heterocycles. The molecule has 0 atom stereocenters. The van der Waals surface area contributed by atoms with Crippen molar-refractivity contribution in [3.05, 3.63) is 34.6 Å². The monoisotopic (exact) mass is 264 g/mol. The molecular weight excluding hydrogens is 256 g/mol. The second-order valence-electron chi connectivity index (χ2n) is 3.10. The molecule has 0 fully saturated rings. The quantitative estimate of drug-likeness (QED) is 0.803. The lowest BCUT2D eigenvalue weighted by molar-refractivity contribution is 1.11. The Kier molecular flexibility index (Phi) is 2.64. The van der Waals surface area contributed by atoms with Crippen LogP contribution in [-0.4, -0.2) is 15.0 Å². The normalized spacial score (nSPS) is 10.3. The van der Waals surface area contributed by atoms with Gasteiger partial charge in [-0.3, -0.25) is 0 Å². The third-order valence-electron chi connectivity index (χ3n) is 1.85. The molecule has 0 spiro atoms. The largest absolute Gasteiger partial charge is 0.368 e. The van der Waals surface area contributed by atoms with Gasteiger partial charge in [-0.25, -0.2) is 15.0 Å². The smallest absolute Gasteiger partial charge is 0.220 e. The van der Waals surface area contributed by atoms with Crippen LogP contribution in [0.3, 0.4) is 0 Å². The van der Waals surface area contributed by atoms with E-state index in [9.17, 15) is 0 Å². The second kappa shape index (κ2) is 3.94. The number of hydrogen-bond donors (Lipinski definition) is 1. The first-order valence-electron chi connectivity index (χ1n) is 4.39. The third-order valence-corrected chi connectivity index (χ3v) is 2.29. The fourth-order valence-corrected chi connectivity index (χ4v) is 1.62. The highest BCUT2D eigenvalue weighted by Gasteiger charge is 2.04. The van der Waals surface area contributed by atoms with Crippen molar-refractivity contribution in [2.24, 2.45) is 0 Å². The van der Waals surface area contributed by atoms with Crippen LogP contribution in [0.5, 0.6) is 0 Å². The number of halogens is 1. The van der Waals surface area contributed by atoms with Crippen LogP contribution in [0.15, 0.2) is 28.9 Å². The summed E-state index contributed by atoms with van der Waals surface area (Å²) in [4.78, 5) is 12.4. The first-order valence-corrected chi connectivity index (χ1v) is 5.18. The number of pyridine rings is 1. The topological polar surface area (TPSA) is 64.7 Å². The Morgan fingerprint density at radius 2 is 1.93 bits per heavy atom. The number of nitrogen functional groups attached to an aromatic ring is 1. The first-order chi connectivity index (χ1) is 7.15. The van der Waals surface area contributed by atoms with E-state index in [-0.39, 0.29) is 5.95 Å². The molecule has 5 heteroatoms. The molecule has 0 aromatic carbocycles. The van der Waals surface area contributed by atoms with Crippen molar-refractivity contribution < 1.29 is 0 Å². The van der Waals surface area contributed by atoms with Crippen LogP contribution in [0.4, 0.5) is 5.95 Å². The maximum atomic E-state index is 5.57. The van der Waals surface area contributed by atoms with E-state index in [0.717, 1.165) is 21.7 Å². The molecule has 0 unspecified atom stereocenters. The van der Waals surface area contributed by atoms with Crippen LogP contribution < -0.4 is 5.73 Å². The van der Waals surface area contributed by atoms with E-state index in [4.69, 9.17) is 5.73 Å². The fraction of sp³-hybridized carbons (Fsp3) is 0.100. The summed E-state index contributed by atoms with van der Waals surface area (Å²) >= 11 is 3.31. The molecule has 2 aromatic heterocycles. The summed E-state index contributed by atoms with van der Waals surface area (Å²) in [6, 6.07) is 7.50. The SMILES string of the molecule is Cc1cc(-c2cccc(Br)n2)nc(N)n1. The average Bonchev–Trinajstić information content (AvgIpc) is 2.16. The third kappa shape index (κ3) is 2.30. The summed E-state index contributed by atoms with van der Waals surface area (Å²) in [5, 5.41) is 0. The van der Waals surface area contributed by atoms with Gasteiger partial charge in [-0.05, 0) is 41.1 Å². The van der Waals surface area contributed by atoms with Gasteiger partial charge < -0.3 is 5.73 Å². The van der Waals surface area contributed by atoms with Crippen LogP contribution in [0.2, 0.25) is 0 Å². The standard InChI is InChI=1S/C10H9BrN4/c1-6-5-8(15-10(12)13-6)7-3-2-4-9(11)14-7/h2-5H,1H3,(H2,12,13,15). The Bertz CT molecular complexity index is 478. The lowest BCUT2D eigenvalue weighted by Crippen LogP contribution is -1.99. The maximum absolute atomic E-state index is 5.57. The van der Waals surface area contributed by atoms with Crippen molar-refractivity contribution in [3.63, 3.8) is 0 Å². The van der Waals surface area contributed by atoms with Crippen LogP contribution in [0.25, 0.3) is 11.4 Å². The van der Waals surface area contributed by atoms with Crippen molar-refractivity contribution in [1.29, 1.82) is 0 Å². The lowest BCUT2D eigenvalue weighted by atomic mass is 10.2. The minimum absolute atomic E-state index is 0.270. The molecule has 2 rings (SSSR count). The van der Waals surface area contributed by atoms with Gasteiger partial charge in [0.05, 0.1) is 11.4 Å². The summed E-state index contributed by atoms with van der Waals surface area (Å²) in [6.07, 6.45) is 0. The summed E-state index contributed by atoms with van der Waals surface area (Å²) in [6.45, 7) is 1.87. The van der Waals surface area contributed by atoms with Gasteiger partial charge in [0.1, 0.15) is 4.60 Å². The first kappa shape index (κ1) is 10.0. The van der Waals surface area contributed by atoms with E-state index in [0.29, 0.717) is 0 Å². The van der Waals surface area contributed by atoms with Crippen LogP contribution in [0.1, 0.15) is 5.69 Å². The zero-order valence-corrected chi connectivity index (χ0v) is 9.69.